The van der Waals surface area contributed by atoms with E-state index in [0.29, 0.717) is 12.6 Å². The largest absolute Gasteiger partial charge is 0.345 e. The van der Waals surface area contributed by atoms with Crippen LogP contribution in [-0.4, -0.2) is 37.0 Å². The molecule has 1 atom stereocenters. The van der Waals surface area contributed by atoms with E-state index < -0.39 is 0 Å². The minimum absolute atomic E-state index is 0.154. The molecule has 0 saturated carbocycles. The van der Waals surface area contributed by atoms with Crippen LogP contribution < -0.4 is 5.32 Å². The van der Waals surface area contributed by atoms with Crippen molar-refractivity contribution in [2.75, 3.05) is 20.1 Å². The summed E-state index contributed by atoms with van der Waals surface area (Å²) in [6, 6.07) is 4.64. The Kier molecular flexibility index (Phi) is 5.65. The van der Waals surface area contributed by atoms with Gasteiger partial charge in [0.25, 0.3) is 0 Å². The molecule has 1 amide bonds. The zero-order valence-corrected chi connectivity index (χ0v) is 11.9. The Hall–Kier alpha value is -0.870. The number of aryl methyl sites for hydroxylation is 1. The van der Waals surface area contributed by atoms with Crippen molar-refractivity contribution in [2.45, 2.75) is 33.2 Å². The van der Waals surface area contributed by atoms with Gasteiger partial charge in [0.05, 0.1) is 6.54 Å². The lowest BCUT2D eigenvalue weighted by atomic mass is 10.2. The Bertz CT molecular complexity index is 362. The molecule has 0 aliphatic carbocycles. The Morgan fingerprint density at radius 3 is 2.76 bits per heavy atom. The lowest BCUT2D eigenvalue weighted by molar-refractivity contribution is -0.128. The topological polar surface area (TPSA) is 32.3 Å². The number of nitrogens with zero attached hydrogens (tertiary/aromatic N) is 1. The normalized spacial score (nSPS) is 12.5. The fraction of sp³-hybridized carbons (Fsp3) is 0.615. The summed E-state index contributed by atoms with van der Waals surface area (Å²) in [6.45, 7) is 7.41. The van der Waals surface area contributed by atoms with Gasteiger partial charge in [-0.05, 0) is 39.3 Å². The summed E-state index contributed by atoms with van der Waals surface area (Å²) in [5, 5.41) is 3.27. The van der Waals surface area contributed by atoms with Crippen LogP contribution in [0.15, 0.2) is 12.1 Å². The lowest BCUT2D eigenvalue weighted by Gasteiger charge is -2.17. The zero-order valence-electron chi connectivity index (χ0n) is 11.1. The highest BCUT2D eigenvalue weighted by atomic mass is 32.1. The van der Waals surface area contributed by atoms with Crippen molar-refractivity contribution >= 4 is 17.2 Å². The predicted octanol–water partition coefficient (Wildman–Crippen LogP) is 2.06. The Balaban J connectivity index is 2.30. The van der Waals surface area contributed by atoms with Crippen molar-refractivity contribution in [3.05, 3.63) is 21.9 Å². The van der Waals surface area contributed by atoms with Crippen LogP contribution in [0.3, 0.4) is 0 Å². The van der Waals surface area contributed by atoms with Gasteiger partial charge in [-0.15, -0.1) is 11.3 Å². The van der Waals surface area contributed by atoms with Gasteiger partial charge in [-0.3, -0.25) is 4.79 Å². The molecule has 1 aromatic rings. The summed E-state index contributed by atoms with van der Waals surface area (Å²) >= 11 is 1.83. The number of carbonyl (C=O) groups is 1. The highest BCUT2D eigenvalue weighted by molar-refractivity contribution is 7.11. The molecule has 0 spiro atoms. The first-order valence-electron chi connectivity index (χ1n) is 6.05. The van der Waals surface area contributed by atoms with Crippen LogP contribution in [0.5, 0.6) is 0 Å². The number of likely N-dealkylation sites (N-methyl/N-ethyl adjacent to an activating group) is 1. The molecule has 1 aromatic heterocycles. The van der Waals surface area contributed by atoms with E-state index >= 15 is 0 Å². The van der Waals surface area contributed by atoms with Crippen LogP contribution in [0.4, 0.5) is 0 Å². The number of carbonyl (C=O) groups excluding carboxylic acids is 1. The molecule has 0 fully saturated rings. The van der Waals surface area contributed by atoms with Gasteiger partial charge in [0.2, 0.25) is 5.91 Å². The van der Waals surface area contributed by atoms with Crippen molar-refractivity contribution in [3.63, 3.8) is 0 Å². The molecule has 1 heterocycles. The minimum atomic E-state index is 0.154. The van der Waals surface area contributed by atoms with E-state index in [1.165, 1.54) is 9.75 Å². The van der Waals surface area contributed by atoms with Gasteiger partial charge in [0, 0.05) is 29.4 Å². The van der Waals surface area contributed by atoms with Gasteiger partial charge in [-0.2, -0.15) is 0 Å². The second-order valence-corrected chi connectivity index (χ2v) is 5.78. The summed E-state index contributed by atoms with van der Waals surface area (Å²) in [6.07, 6.45) is 0.988. The summed E-state index contributed by atoms with van der Waals surface area (Å²) in [5.74, 6) is 0.154. The van der Waals surface area contributed by atoms with Crippen molar-refractivity contribution < 1.29 is 4.79 Å². The molecule has 3 nitrogen and oxygen atoms in total. The third kappa shape index (κ3) is 4.88. The fourth-order valence-electron chi connectivity index (χ4n) is 1.54. The zero-order chi connectivity index (χ0) is 12.8. The molecular weight excluding hydrogens is 232 g/mol. The molecule has 0 aliphatic rings. The first-order valence-corrected chi connectivity index (χ1v) is 6.87. The molecule has 1 N–H and O–H groups in total. The van der Waals surface area contributed by atoms with Gasteiger partial charge in [-0.1, -0.05) is 0 Å². The van der Waals surface area contributed by atoms with Crippen LogP contribution >= 0.6 is 11.3 Å². The Morgan fingerprint density at radius 1 is 1.53 bits per heavy atom. The number of hydrogen-bond acceptors (Lipinski definition) is 3. The fourth-order valence-corrected chi connectivity index (χ4v) is 2.56. The molecule has 0 bridgehead atoms. The van der Waals surface area contributed by atoms with Gasteiger partial charge >= 0.3 is 0 Å². The van der Waals surface area contributed by atoms with E-state index in [-0.39, 0.29) is 5.91 Å². The van der Waals surface area contributed by atoms with Crippen LogP contribution in [0, 0.1) is 6.92 Å². The van der Waals surface area contributed by atoms with E-state index in [1.807, 2.05) is 25.3 Å². The average molecular weight is 254 g/mol. The molecule has 0 aromatic carbocycles. The van der Waals surface area contributed by atoms with Crippen LogP contribution in [0.25, 0.3) is 0 Å². The number of thiophene rings is 1. The quantitative estimate of drug-likeness (QED) is 0.843. The average Bonchev–Trinajstić information content (AvgIpc) is 2.70. The molecule has 17 heavy (non-hydrogen) atoms. The monoisotopic (exact) mass is 254 g/mol. The molecule has 0 radical (unpaired) electrons. The second-order valence-electron chi connectivity index (χ2n) is 4.41. The predicted molar refractivity (Wildman–Crippen MR) is 73.5 cm³/mol. The minimum Gasteiger partial charge on any atom is -0.345 e. The summed E-state index contributed by atoms with van der Waals surface area (Å²) in [5.41, 5.74) is 0. The Morgan fingerprint density at radius 2 is 2.24 bits per heavy atom. The number of amides is 1. The van der Waals surface area contributed by atoms with E-state index in [0.717, 1.165) is 13.0 Å². The first-order chi connectivity index (χ1) is 8.02. The van der Waals surface area contributed by atoms with Gasteiger partial charge in [0.15, 0.2) is 0 Å². The second kappa shape index (κ2) is 6.77. The van der Waals surface area contributed by atoms with Crippen molar-refractivity contribution in [1.29, 1.82) is 0 Å². The smallest absolute Gasteiger partial charge is 0.236 e. The lowest BCUT2D eigenvalue weighted by Crippen LogP contribution is -2.39. The standard InChI is InChI=1S/C13H22N2OS/c1-5-15(4)13(16)9-14-10(2)8-12-7-6-11(3)17-12/h6-7,10,14H,5,8-9H2,1-4H3. The number of rotatable bonds is 6. The molecule has 4 heteroatoms. The molecule has 0 saturated heterocycles. The highest BCUT2D eigenvalue weighted by Gasteiger charge is 2.09. The van der Waals surface area contributed by atoms with Crippen LogP contribution in [0.1, 0.15) is 23.6 Å². The SMILES string of the molecule is CCN(C)C(=O)CNC(C)Cc1ccc(C)s1. The van der Waals surface area contributed by atoms with Crippen LogP contribution in [0.2, 0.25) is 0 Å². The first kappa shape index (κ1) is 14.2. The summed E-state index contributed by atoms with van der Waals surface area (Å²) < 4.78 is 0. The van der Waals surface area contributed by atoms with E-state index in [2.05, 4.69) is 31.3 Å². The van der Waals surface area contributed by atoms with Crippen LogP contribution in [-0.2, 0) is 11.2 Å². The van der Waals surface area contributed by atoms with Crippen molar-refractivity contribution in [2.24, 2.45) is 0 Å². The summed E-state index contributed by atoms with van der Waals surface area (Å²) in [4.78, 5) is 16.0. The van der Waals surface area contributed by atoms with Crippen molar-refractivity contribution in [3.8, 4) is 0 Å². The van der Waals surface area contributed by atoms with E-state index in [4.69, 9.17) is 0 Å². The molecule has 1 unspecified atom stereocenters. The van der Waals surface area contributed by atoms with Gasteiger partial charge in [-0.25, -0.2) is 0 Å². The maximum atomic E-state index is 11.6. The number of hydrogen-bond donors (Lipinski definition) is 1. The summed E-state index contributed by atoms with van der Waals surface area (Å²) in [7, 11) is 1.83. The van der Waals surface area contributed by atoms with E-state index in [1.54, 1.807) is 4.90 Å². The van der Waals surface area contributed by atoms with E-state index in [9.17, 15) is 4.79 Å². The molecular formula is C13H22N2OS. The Labute approximate surface area is 108 Å². The van der Waals surface area contributed by atoms with Crippen molar-refractivity contribution in [1.82, 2.24) is 10.2 Å². The third-order valence-electron chi connectivity index (χ3n) is 2.81. The molecule has 0 aliphatic heterocycles. The maximum absolute atomic E-state index is 11.6. The molecule has 96 valence electrons. The molecule has 1 rings (SSSR count). The van der Waals surface area contributed by atoms with Gasteiger partial charge in [0.1, 0.15) is 0 Å². The highest BCUT2D eigenvalue weighted by Crippen LogP contribution is 2.16. The third-order valence-corrected chi connectivity index (χ3v) is 3.83. The number of nitrogens with one attached hydrogen (secondary N) is 1. The van der Waals surface area contributed by atoms with Gasteiger partial charge < -0.3 is 10.2 Å². The maximum Gasteiger partial charge on any atom is 0.236 e.